The SMILES string of the molecule is Cc1ccc(CCc2cc(CCCl)cc(Cc3ccccc3F)c2)cc1. The molecule has 0 saturated carbocycles. The number of hydrogen-bond acceptors (Lipinski definition) is 0. The van der Waals surface area contributed by atoms with Crippen molar-refractivity contribution in [2.75, 3.05) is 5.88 Å². The maximum absolute atomic E-state index is 14.0. The Hall–Kier alpha value is -2.12. The Morgan fingerprint density at radius 3 is 2.04 bits per heavy atom. The number of alkyl halides is 1. The van der Waals surface area contributed by atoms with Crippen LogP contribution in [0.5, 0.6) is 0 Å². The summed E-state index contributed by atoms with van der Waals surface area (Å²) in [4.78, 5) is 0. The zero-order chi connectivity index (χ0) is 18.4. The van der Waals surface area contributed by atoms with Crippen molar-refractivity contribution < 1.29 is 4.39 Å². The lowest BCUT2D eigenvalue weighted by molar-refractivity contribution is 0.614. The summed E-state index contributed by atoms with van der Waals surface area (Å²) < 4.78 is 14.0. The van der Waals surface area contributed by atoms with Gasteiger partial charge in [-0.2, -0.15) is 0 Å². The smallest absolute Gasteiger partial charge is 0.126 e. The molecule has 0 bridgehead atoms. The van der Waals surface area contributed by atoms with Crippen LogP contribution in [-0.4, -0.2) is 5.88 Å². The van der Waals surface area contributed by atoms with E-state index in [1.54, 1.807) is 6.07 Å². The summed E-state index contributed by atoms with van der Waals surface area (Å²) in [6.45, 7) is 2.11. The van der Waals surface area contributed by atoms with Gasteiger partial charge in [-0.1, -0.05) is 66.2 Å². The standard InChI is InChI=1S/C24H24ClF/c1-18-6-8-19(9-7-18)10-11-20-14-21(12-13-25)16-22(15-20)17-23-4-2-3-5-24(23)26/h2-9,14-16H,10-13,17H2,1H3. The quantitative estimate of drug-likeness (QED) is 0.431. The minimum atomic E-state index is -0.142. The normalized spacial score (nSPS) is 10.9. The van der Waals surface area contributed by atoms with E-state index in [1.165, 1.54) is 28.3 Å². The van der Waals surface area contributed by atoms with Crippen molar-refractivity contribution in [3.05, 3.63) is 106 Å². The van der Waals surface area contributed by atoms with Crippen molar-refractivity contribution in [1.29, 1.82) is 0 Å². The lowest BCUT2D eigenvalue weighted by Gasteiger charge is -2.11. The molecule has 3 rings (SSSR count). The Balaban J connectivity index is 1.79. The summed E-state index contributed by atoms with van der Waals surface area (Å²) in [7, 11) is 0. The Morgan fingerprint density at radius 1 is 0.731 bits per heavy atom. The van der Waals surface area contributed by atoms with E-state index < -0.39 is 0 Å². The van der Waals surface area contributed by atoms with Gasteiger partial charge in [0.15, 0.2) is 0 Å². The van der Waals surface area contributed by atoms with Crippen molar-refractivity contribution in [3.8, 4) is 0 Å². The highest BCUT2D eigenvalue weighted by atomic mass is 35.5. The van der Waals surface area contributed by atoms with Crippen molar-refractivity contribution >= 4 is 11.6 Å². The van der Waals surface area contributed by atoms with Gasteiger partial charge in [-0.15, -0.1) is 11.6 Å². The fourth-order valence-electron chi connectivity index (χ4n) is 3.24. The molecule has 0 fully saturated rings. The average Bonchev–Trinajstić information content (AvgIpc) is 2.63. The Bertz CT molecular complexity index is 852. The zero-order valence-electron chi connectivity index (χ0n) is 15.1. The first-order valence-corrected chi connectivity index (χ1v) is 9.64. The van der Waals surface area contributed by atoms with E-state index in [9.17, 15) is 4.39 Å². The van der Waals surface area contributed by atoms with Crippen LogP contribution in [0.3, 0.4) is 0 Å². The van der Waals surface area contributed by atoms with Crippen LogP contribution in [0.1, 0.15) is 33.4 Å². The highest BCUT2D eigenvalue weighted by Crippen LogP contribution is 2.19. The van der Waals surface area contributed by atoms with Crippen molar-refractivity contribution in [2.45, 2.75) is 32.6 Å². The molecule has 3 aromatic carbocycles. The van der Waals surface area contributed by atoms with Gasteiger partial charge < -0.3 is 0 Å². The van der Waals surface area contributed by atoms with Crippen LogP contribution < -0.4 is 0 Å². The predicted octanol–water partition coefficient (Wildman–Crippen LogP) is 6.29. The summed E-state index contributed by atoms with van der Waals surface area (Å²) in [5.74, 6) is 0.456. The van der Waals surface area contributed by atoms with Crippen molar-refractivity contribution in [2.24, 2.45) is 0 Å². The van der Waals surface area contributed by atoms with Gasteiger partial charge in [0.1, 0.15) is 5.82 Å². The summed E-state index contributed by atoms with van der Waals surface area (Å²) in [5.41, 5.74) is 7.03. The van der Waals surface area contributed by atoms with Gasteiger partial charge in [-0.25, -0.2) is 4.39 Å². The molecule has 134 valence electrons. The summed E-state index contributed by atoms with van der Waals surface area (Å²) in [6.07, 6.45) is 3.43. The van der Waals surface area contributed by atoms with Gasteiger partial charge in [-0.05, 0) is 60.1 Å². The van der Waals surface area contributed by atoms with Gasteiger partial charge >= 0.3 is 0 Å². The highest BCUT2D eigenvalue weighted by Gasteiger charge is 2.06. The highest BCUT2D eigenvalue weighted by molar-refractivity contribution is 6.17. The van der Waals surface area contributed by atoms with Gasteiger partial charge in [0.25, 0.3) is 0 Å². The number of benzene rings is 3. The van der Waals surface area contributed by atoms with Crippen LogP contribution in [0.4, 0.5) is 4.39 Å². The van der Waals surface area contributed by atoms with Crippen LogP contribution in [0, 0.1) is 12.7 Å². The lowest BCUT2D eigenvalue weighted by Crippen LogP contribution is -1.99. The third-order valence-corrected chi connectivity index (χ3v) is 4.86. The van der Waals surface area contributed by atoms with Crippen molar-refractivity contribution in [1.82, 2.24) is 0 Å². The van der Waals surface area contributed by atoms with Gasteiger partial charge in [0.2, 0.25) is 0 Å². The maximum Gasteiger partial charge on any atom is 0.126 e. The molecule has 0 radical (unpaired) electrons. The minimum absolute atomic E-state index is 0.142. The summed E-state index contributed by atoms with van der Waals surface area (Å²) >= 11 is 5.95. The van der Waals surface area contributed by atoms with Crippen LogP contribution in [0.15, 0.2) is 66.7 Å². The van der Waals surface area contributed by atoms with E-state index >= 15 is 0 Å². The molecule has 0 aromatic heterocycles. The molecule has 2 heteroatoms. The molecule has 0 saturated heterocycles. The average molecular weight is 367 g/mol. The molecule has 0 spiro atoms. The molecule has 3 aromatic rings. The van der Waals surface area contributed by atoms with E-state index in [0.29, 0.717) is 12.3 Å². The van der Waals surface area contributed by atoms with Gasteiger partial charge in [0, 0.05) is 12.3 Å². The number of rotatable bonds is 7. The second kappa shape index (κ2) is 9.00. The summed E-state index contributed by atoms with van der Waals surface area (Å²) in [5, 5.41) is 0. The second-order valence-electron chi connectivity index (χ2n) is 6.85. The topological polar surface area (TPSA) is 0 Å². The molecule has 0 heterocycles. The monoisotopic (exact) mass is 366 g/mol. The molecule has 0 aliphatic heterocycles. The molecule has 0 unspecified atom stereocenters. The predicted molar refractivity (Wildman–Crippen MR) is 109 cm³/mol. The van der Waals surface area contributed by atoms with E-state index in [1.807, 2.05) is 12.1 Å². The number of halogens is 2. The Morgan fingerprint density at radius 2 is 1.35 bits per heavy atom. The fourth-order valence-corrected chi connectivity index (χ4v) is 3.46. The molecular weight excluding hydrogens is 343 g/mol. The first-order chi connectivity index (χ1) is 12.6. The van der Waals surface area contributed by atoms with Crippen LogP contribution in [-0.2, 0) is 25.7 Å². The second-order valence-corrected chi connectivity index (χ2v) is 7.23. The summed E-state index contributed by atoms with van der Waals surface area (Å²) in [6, 6.07) is 22.3. The minimum Gasteiger partial charge on any atom is -0.207 e. The van der Waals surface area contributed by atoms with Gasteiger partial charge in [0.05, 0.1) is 0 Å². The lowest BCUT2D eigenvalue weighted by atomic mass is 9.95. The van der Waals surface area contributed by atoms with Gasteiger partial charge in [-0.3, -0.25) is 0 Å². The van der Waals surface area contributed by atoms with Crippen LogP contribution >= 0.6 is 11.6 Å². The van der Waals surface area contributed by atoms with E-state index in [2.05, 4.69) is 49.4 Å². The molecule has 0 N–H and O–H groups in total. The number of hydrogen-bond donors (Lipinski definition) is 0. The van der Waals surface area contributed by atoms with Crippen LogP contribution in [0.25, 0.3) is 0 Å². The Labute approximate surface area is 160 Å². The third-order valence-electron chi connectivity index (χ3n) is 4.67. The van der Waals surface area contributed by atoms with E-state index in [0.717, 1.165) is 30.4 Å². The van der Waals surface area contributed by atoms with E-state index in [4.69, 9.17) is 11.6 Å². The van der Waals surface area contributed by atoms with E-state index in [-0.39, 0.29) is 5.82 Å². The Kier molecular flexibility index (Phi) is 6.46. The molecule has 0 aliphatic rings. The molecule has 0 amide bonds. The fraction of sp³-hybridized carbons (Fsp3) is 0.250. The molecule has 26 heavy (non-hydrogen) atoms. The molecule has 0 aliphatic carbocycles. The van der Waals surface area contributed by atoms with Crippen molar-refractivity contribution in [3.63, 3.8) is 0 Å². The number of aryl methyl sites for hydroxylation is 4. The van der Waals surface area contributed by atoms with Crippen LogP contribution in [0.2, 0.25) is 0 Å². The third kappa shape index (κ3) is 5.19. The molecular formula is C24H24ClF. The first-order valence-electron chi connectivity index (χ1n) is 9.10. The largest absolute Gasteiger partial charge is 0.207 e. The molecule has 0 atom stereocenters. The maximum atomic E-state index is 14.0. The zero-order valence-corrected chi connectivity index (χ0v) is 15.9. The first kappa shape index (κ1) is 18.7. The molecule has 0 nitrogen and oxygen atoms in total.